The number of nitrogens with two attached hydrogens (primary N) is 1. The van der Waals surface area contributed by atoms with Gasteiger partial charge in [0.05, 0.1) is 11.6 Å². The monoisotopic (exact) mass is 455 g/mol. The molecule has 1 saturated heterocycles. The highest BCUT2D eigenvalue weighted by atomic mass is 35.5. The minimum Gasteiger partial charge on any atom is -0.375 e. The largest absolute Gasteiger partial charge is 0.375 e. The van der Waals surface area contributed by atoms with Gasteiger partial charge in [-0.15, -0.1) is 0 Å². The van der Waals surface area contributed by atoms with Crippen molar-refractivity contribution >= 4 is 39.2 Å². The van der Waals surface area contributed by atoms with E-state index in [0.29, 0.717) is 5.03 Å². The van der Waals surface area contributed by atoms with E-state index in [2.05, 4.69) is 15.6 Å². The Morgan fingerprint density at radius 1 is 1.50 bits per heavy atom. The van der Waals surface area contributed by atoms with Crippen molar-refractivity contribution in [2.75, 3.05) is 19.0 Å². The van der Waals surface area contributed by atoms with Crippen molar-refractivity contribution in [2.24, 2.45) is 10.7 Å². The second kappa shape index (κ2) is 7.25. The Kier molecular flexibility index (Phi) is 4.99. The number of rotatable bonds is 3. The summed E-state index contributed by atoms with van der Waals surface area (Å²) in [4.78, 5) is 16.8. The summed E-state index contributed by atoms with van der Waals surface area (Å²) in [5.74, 6) is -1.34. The molecule has 3 aliphatic rings. The highest BCUT2D eigenvalue weighted by Gasteiger charge is 2.58. The average Bonchev–Trinajstić information content (AvgIpc) is 3.14. The number of hydrogen-bond donors (Lipinski definition) is 3. The minimum absolute atomic E-state index is 0.0162. The van der Waals surface area contributed by atoms with E-state index in [0.717, 1.165) is 10.4 Å². The van der Waals surface area contributed by atoms with E-state index in [1.54, 1.807) is 12.2 Å². The van der Waals surface area contributed by atoms with Crippen LogP contribution in [0.3, 0.4) is 0 Å². The zero-order chi connectivity index (χ0) is 21.7. The number of guanidine groups is 1. The van der Waals surface area contributed by atoms with Crippen molar-refractivity contribution in [3.63, 3.8) is 0 Å². The molecule has 0 aromatic heterocycles. The third kappa shape index (κ3) is 3.22. The van der Waals surface area contributed by atoms with Gasteiger partial charge in [0.15, 0.2) is 0 Å². The SMILES string of the molecule is CN1C(N)=N[C@@]2(c3cc(NC(=O)C4C=CC(Cl)=CN4)ccc3F)CCOC2S1(=O)=O. The molecular weight excluding hydrogens is 437 g/mol. The predicted molar refractivity (Wildman–Crippen MR) is 109 cm³/mol. The maximum absolute atomic E-state index is 14.9. The molecule has 4 N–H and O–H groups in total. The molecule has 4 rings (SSSR count). The number of fused-ring (bicyclic) bond motifs is 1. The second-order valence-electron chi connectivity index (χ2n) is 7.08. The average molecular weight is 456 g/mol. The number of carbonyl (C=O) groups is 1. The summed E-state index contributed by atoms with van der Waals surface area (Å²) in [6, 6.07) is 3.22. The fraction of sp³-hybridized carbons (Fsp3) is 0.333. The Morgan fingerprint density at radius 3 is 2.97 bits per heavy atom. The number of amides is 1. The van der Waals surface area contributed by atoms with Gasteiger partial charge in [-0.2, -0.15) is 0 Å². The maximum Gasteiger partial charge on any atom is 0.267 e. The van der Waals surface area contributed by atoms with Crippen LogP contribution < -0.4 is 16.4 Å². The third-order valence-corrected chi connectivity index (χ3v) is 7.52. The molecule has 0 aliphatic carbocycles. The number of dihydropyridines is 1. The molecule has 3 heterocycles. The summed E-state index contributed by atoms with van der Waals surface area (Å²) < 4.78 is 46.7. The van der Waals surface area contributed by atoms with E-state index in [1.165, 1.54) is 25.4 Å². The van der Waals surface area contributed by atoms with Crippen LogP contribution in [0.5, 0.6) is 0 Å². The van der Waals surface area contributed by atoms with Crippen LogP contribution in [0.15, 0.2) is 46.6 Å². The summed E-state index contributed by atoms with van der Waals surface area (Å²) in [5, 5.41) is 5.96. The van der Waals surface area contributed by atoms with Crippen LogP contribution in [-0.2, 0) is 25.1 Å². The Morgan fingerprint density at radius 2 is 2.27 bits per heavy atom. The number of aliphatic imine (C=N–C) groups is 1. The quantitative estimate of drug-likeness (QED) is 0.621. The van der Waals surface area contributed by atoms with Crippen LogP contribution in [0.4, 0.5) is 10.1 Å². The molecule has 1 fully saturated rings. The van der Waals surface area contributed by atoms with E-state index < -0.39 is 38.8 Å². The smallest absolute Gasteiger partial charge is 0.267 e. The number of nitrogens with zero attached hydrogens (tertiary/aromatic N) is 2. The lowest BCUT2D eigenvalue weighted by molar-refractivity contribution is -0.116. The van der Waals surface area contributed by atoms with Gasteiger partial charge in [0, 0.05) is 30.9 Å². The summed E-state index contributed by atoms with van der Waals surface area (Å²) >= 11 is 5.82. The van der Waals surface area contributed by atoms with Gasteiger partial charge in [-0.05, 0) is 24.3 Å². The van der Waals surface area contributed by atoms with Crippen molar-refractivity contribution < 1.29 is 22.3 Å². The third-order valence-electron chi connectivity index (χ3n) is 5.26. The van der Waals surface area contributed by atoms with Gasteiger partial charge in [-0.1, -0.05) is 17.7 Å². The van der Waals surface area contributed by atoms with Crippen LogP contribution in [0.2, 0.25) is 0 Å². The van der Waals surface area contributed by atoms with E-state index in [4.69, 9.17) is 22.1 Å². The molecule has 3 aliphatic heterocycles. The first-order chi connectivity index (χ1) is 14.1. The molecule has 2 unspecified atom stereocenters. The topological polar surface area (TPSA) is 126 Å². The van der Waals surface area contributed by atoms with Gasteiger partial charge in [-0.25, -0.2) is 22.1 Å². The zero-order valence-corrected chi connectivity index (χ0v) is 17.4. The number of sulfonamides is 1. The number of ether oxygens (including phenoxy) is 1. The van der Waals surface area contributed by atoms with E-state index in [-0.39, 0.29) is 30.2 Å². The van der Waals surface area contributed by atoms with Crippen molar-refractivity contribution in [3.05, 3.63) is 53.0 Å². The van der Waals surface area contributed by atoms with Gasteiger partial charge >= 0.3 is 0 Å². The molecule has 9 nitrogen and oxygen atoms in total. The van der Waals surface area contributed by atoms with Gasteiger partial charge in [-0.3, -0.25) is 4.79 Å². The van der Waals surface area contributed by atoms with Crippen molar-refractivity contribution in [1.29, 1.82) is 0 Å². The van der Waals surface area contributed by atoms with Crippen molar-refractivity contribution in [3.8, 4) is 0 Å². The number of carbonyl (C=O) groups excluding carboxylic acids is 1. The van der Waals surface area contributed by atoms with Crippen LogP contribution >= 0.6 is 11.6 Å². The fourth-order valence-corrected chi connectivity index (χ4v) is 5.45. The van der Waals surface area contributed by atoms with Crippen LogP contribution in [-0.4, -0.2) is 49.7 Å². The molecule has 1 amide bonds. The van der Waals surface area contributed by atoms with E-state index in [1.807, 2.05) is 0 Å². The van der Waals surface area contributed by atoms with Crippen molar-refractivity contribution in [1.82, 2.24) is 9.62 Å². The Balaban J connectivity index is 1.70. The Labute approximate surface area is 177 Å². The predicted octanol–water partition coefficient (Wildman–Crippen LogP) is 0.904. The summed E-state index contributed by atoms with van der Waals surface area (Å²) in [5.41, 5.74) is 3.13. The lowest BCUT2D eigenvalue weighted by Crippen LogP contribution is -2.55. The zero-order valence-electron chi connectivity index (χ0n) is 15.8. The minimum atomic E-state index is -4.01. The molecule has 1 aromatic carbocycles. The molecular formula is C18H19ClFN5O4S. The molecule has 3 atom stereocenters. The number of benzene rings is 1. The van der Waals surface area contributed by atoms with E-state index in [9.17, 15) is 17.6 Å². The number of halogens is 2. The maximum atomic E-state index is 14.9. The molecule has 12 heteroatoms. The fourth-order valence-electron chi connectivity index (χ4n) is 3.67. The molecule has 0 spiro atoms. The number of hydrogen-bond acceptors (Lipinski definition) is 7. The Bertz CT molecular complexity index is 1110. The summed E-state index contributed by atoms with van der Waals surface area (Å²) in [7, 11) is -2.74. The number of allylic oxidation sites excluding steroid dienone is 2. The van der Waals surface area contributed by atoms with E-state index >= 15 is 0 Å². The molecule has 30 heavy (non-hydrogen) atoms. The molecule has 160 valence electrons. The molecule has 0 bridgehead atoms. The van der Waals surface area contributed by atoms with Gasteiger partial charge in [0.2, 0.25) is 11.4 Å². The van der Waals surface area contributed by atoms with Crippen molar-refractivity contribution in [2.45, 2.75) is 23.4 Å². The first kappa shape index (κ1) is 20.6. The second-order valence-corrected chi connectivity index (χ2v) is 9.52. The summed E-state index contributed by atoms with van der Waals surface area (Å²) in [6.07, 6.45) is 4.77. The molecule has 0 radical (unpaired) electrons. The number of nitrogens with one attached hydrogen (secondary N) is 2. The molecule has 0 saturated carbocycles. The number of anilines is 1. The standard InChI is InChI=1S/C18H19ClFN5O4S/c1-25-17(21)24-18(6-7-29-16(18)30(25,27)28)12-8-11(3-4-13(12)20)23-15(26)14-5-2-10(19)9-22-14/h2-5,8-9,14,16,22H,6-7H2,1H3,(H2,21,24)(H,23,26)/t14?,16?,18-/m1/s1. The first-order valence-corrected chi connectivity index (χ1v) is 10.9. The van der Waals surface area contributed by atoms with Gasteiger partial charge in [0.1, 0.15) is 17.4 Å². The normalized spacial score (nSPS) is 29.5. The summed E-state index contributed by atoms with van der Waals surface area (Å²) in [6.45, 7) is 0.0639. The molecule has 1 aromatic rings. The first-order valence-electron chi connectivity index (χ1n) is 9.01. The van der Waals surface area contributed by atoms with Crippen LogP contribution in [0.25, 0.3) is 0 Å². The van der Waals surface area contributed by atoms with Gasteiger partial charge < -0.3 is 21.1 Å². The van der Waals surface area contributed by atoms with Gasteiger partial charge in [0.25, 0.3) is 15.9 Å². The Hall–Kier alpha value is -2.63. The lowest BCUT2D eigenvalue weighted by Gasteiger charge is -2.38. The van der Waals surface area contributed by atoms with Crippen LogP contribution in [0, 0.1) is 5.82 Å². The lowest BCUT2D eigenvalue weighted by atomic mass is 9.88. The van der Waals surface area contributed by atoms with Crippen LogP contribution in [0.1, 0.15) is 12.0 Å². The highest BCUT2D eigenvalue weighted by Crippen LogP contribution is 2.46. The highest BCUT2D eigenvalue weighted by molar-refractivity contribution is 7.90.